The molecule has 2 nitrogen and oxygen atoms in total. The zero-order chi connectivity index (χ0) is 12.3. The molecule has 0 aromatic carbocycles. The van der Waals surface area contributed by atoms with Crippen LogP contribution < -0.4 is 5.32 Å². The van der Waals surface area contributed by atoms with Crippen LogP contribution in [0.2, 0.25) is 0 Å². The summed E-state index contributed by atoms with van der Waals surface area (Å²) in [7, 11) is 2.06. The van der Waals surface area contributed by atoms with E-state index in [2.05, 4.69) is 31.1 Å². The maximum Gasteiger partial charge on any atom is 0.0105 e. The number of likely N-dealkylation sites (tertiary alicyclic amines) is 1. The van der Waals surface area contributed by atoms with E-state index in [1.54, 1.807) is 0 Å². The van der Waals surface area contributed by atoms with Crippen molar-refractivity contribution in [2.75, 3.05) is 26.7 Å². The lowest BCUT2D eigenvalue weighted by molar-refractivity contribution is 0.0630. The van der Waals surface area contributed by atoms with Crippen molar-refractivity contribution in [1.82, 2.24) is 10.2 Å². The van der Waals surface area contributed by atoms with Crippen LogP contribution in [-0.4, -0.2) is 37.6 Å². The predicted octanol–water partition coefficient (Wildman–Crippen LogP) is 2.89. The molecule has 0 aromatic rings. The molecule has 1 spiro atoms. The molecule has 2 aliphatic rings. The monoisotopic (exact) mass is 238 g/mol. The highest BCUT2D eigenvalue weighted by molar-refractivity contribution is 4.91. The summed E-state index contributed by atoms with van der Waals surface area (Å²) in [5.41, 5.74) is 0.766. The third kappa shape index (κ3) is 3.03. The standard InChI is InChI=1S/C15H30N2/c1-13(12-16-3)14(2)17-10-8-15(9-11-17)6-4-5-7-15/h13-14,16H,4-12H2,1-3H3. The number of piperidine rings is 1. The van der Waals surface area contributed by atoms with Gasteiger partial charge in [-0.25, -0.2) is 0 Å². The molecule has 0 bridgehead atoms. The summed E-state index contributed by atoms with van der Waals surface area (Å²) in [5, 5.41) is 3.31. The van der Waals surface area contributed by atoms with Crippen LogP contribution in [0.5, 0.6) is 0 Å². The molecule has 2 rings (SSSR count). The molecule has 1 aliphatic heterocycles. The topological polar surface area (TPSA) is 15.3 Å². The van der Waals surface area contributed by atoms with E-state index in [9.17, 15) is 0 Å². The van der Waals surface area contributed by atoms with E-state index < -0.39 is 0 Å². The Labute approximate surface area is 107 Å². The van der Waals surface area contributed by atoms with Gasteiger partial charge in [-0.15, -0.1) is 0 Å². The van der Waals surface area contributed by atoms with E-state index in [0.29, 0.717) is 0 Å². The van der Waals surface area contributed by atoms with Crippen LogP contribution in [0.15, 0.2) is 0 Å². The number of hydrogen-bond acceptors (Lipinski definition) is 2. The van der Waals surface area contributed by atoms with Gasteiger partial charge < -0.3 is 10.2 Å². The molecule has 2 unspecified atom stereocenters. The second-order valence-corrected chi connectivity index (χ2v) is 6.52. The molecule has 2 fully saturated rings. The van der Waals surface area contributed by atoms with Crippen molar-refractivity contribution in [3.63, 3.8) is 0 Å². The van der Waals surface area contributed by atoms with E-state index in [4.69, 9.17) is 0 Å². The van der Waals surface area contributed by atoms with Gasteiger partial charge in [0.2, 0.25) is 0 Å². The number of nitrogens with one attached hydrogen (secondary N) is 1. The van der Waals surface area contributed by atoms with Gasteiger partial charge in [-0.3, -0.25) is 0 Å². The first kappa shape index (κ1) is 13.4. The Balaban J connectivity index is 1.81. The van der Waals surface area contributed by atoms with Crippen molar-refractivity contribution >= 4 is 0 Å². The number of rotatable bonds is 4. The summed E-state index contributed by atoms with van der Waals surface area (Å²) in [6.45, 7) is 8.61. The third-order valence-corrected chi connectivity index (χ3v) is 5.45. The molecule has 100 valence electrons. The van der Waals surface area contributed by atoms with E-state index in [0.717, 1.165) is 23.9 Å². The summed E-state index contributed by atoms with van der Waals surface area (Å²) in [6.07, 6.45) is 8.94. The molecule has 2 heteroatoms. The predicted molar refractivity (Wildman–Crippen MR) is 74.3 cm³/mol. The Kier molecular flexibility index (Phi) is 4.48. The maximum atomic E-state index is 3.31. The highest BCUT2D eigenvalue weighted by atomic mass is 15.2. The lowest BCUT2D eigenvalue weighted by atomic mass is 9.76. The van der Waals surface area contributed by atoms with Gasteiger partial charge in [-0.05, 0) is 70.6 Å². The van der Waals surface area contributed by atoms with Crippen LogP contribution in [0.25, 0.3) is 0 Å². The van der Waals surface area contributed by atoms with Crippen LogP contribution in [0.3, 0.4) is 0 Å². The van der Waals surface area contributed by atoms with Crippen molar-refractivity contribution in [1.29, 1.82) is 0 Å². The fraction of sp³-hybridized carbons (Fsp3) is 1.00. The van der Waals surface area contributed by atoms with Crippen LogP contribution in [0, 0.1) is 11.3 Å². The SMILES string of the molecule is CNCC(C)C(C)N1CCC2(CCCC2)CC1. The molecule has 0 radical (unpaired) electrons. The van der Waals surface area contributed by atoms with Crippen molar-refractivity contribution in [2.45, 2.75) is 58.4 Å². The molecular weight excluding hydrogens is 208 g/mol. The van der Waals surface area contributed by atoms with Gasteiger partial charge in [0.15, 0.2) is 0 Å². The first-order valence-corrected chi connectivity index (χ1v) is 7.55. The molecule has 1 saturated carbocycles. The molecule has 0 aromatic heterocycles. The Hall–Kier alpha value is -0.0800. The van der Waals surface area contributed by atoms with Crippen LogP contribution >= 0.6 is 0 Å². The molecule has 1 heterocycles. The zero-order valence-electron chi connectivity index (χ0n) is 12.0. The Bertz CT molecular complexity index is 223. The Morgan fingerprint density at radius 3 is 2.18 bits per heavy atom. The van der Waals surface area contributed by atoms with Gasteiger partial charge in [0.1, 0.15) is 0 Å². The first-order valence-electron chi connectivity index (χ1n) is 7.55. The highest BCUT2D eigenvalue weighted by Gasteiger charge is 2.38. The number of nitrogens with zero attached hydrogens (tertiary/aromatic N) is 1. The average Bonchev–Trinajstić information content (AvgIpc) is 2.78. The summed E-state index contributed by atoms with van der Waals surface area (Å²) >= 11 is 0. The Morgan fingerprint density at radius 1 is 1.06 bits per heavy atom. The molecule has 17 heavy (non-hydrogen) atoms. The van der Waals surface area contributed by atoms with E-state index in [-0.39, 0.29) is 0 Å². The van der Waals surface area contributed by atoms with Gasteiger partial charge in [0, 0.05) is 6.04 Å². The van der Waals surface area contributed by atoms with Crippen LogP contribution in [-0.2, 0) is 0 Å². The fourth-order valence-corrected chi connectivity index (χ4v) is 3.88. The minimum atomic E-state index is 0.737. The van der Waals surface area contributed by atoms with Crippen molar-refractivity contribution in [3.8, 4) is 0 Å². The molecule has 0 amide bonds. The van der Waals surface area contributed by atoms with E-state index >= 15 is 0 Å². The lowest BCUT2D eigenvalue weighted by Gasteiger charge is -2.43. The van der Waals surface area contributed by atoms with Gasteiger partial charge >= 0.3 is 0 Å². The van der Waals surface area contributed by atoms with Crippen molar-refractivity contribution in [3.05, 3.63) is 0 Å². The third-order valence-electron chi connectivity index (χ3n) is 5.45. The molecule has 1 saturated heterocycles. The molecule has 1 aliphatic carbocycles. The Morgan fingerprint density at radius 2 is 1.65 bits per heavy atom. The second kappa shape index (κ2) is 5.71. The van der Waals surface area contributed by atoms with Crippen LogP contribution in [0.4, 0.5) is 0 Å². The smallest absolute Gasteiger partial charge is 0.0105 e. The van der Waals surface area contributed by atoms with Gasteiger partial charge in [0.25, 0.3) is 0 Å². The normalized spacial score (nSPS) is 28.4. The molecule has 2 atom stereocenters. The molecular formula is C15H30N2. The number of hydrogen-bond donors (Lipinski definition) is 1. The van der Waals surface area contributed by atoms with Crippen LogP contribution in [0.1, 0.15) is 52.4 Å². The zero-order valence-corrected chi connectivity index (χ0v) is 12.0. The molecule has 1 N–H and O–H groups in total. The minimum Gasteiger partial charge on any atom is -0.319 e. The van der Waals surface area contributed by atoms with Crippen molar-refractivity contribution < 1.29 is 0 Å². The second-order valence-electron chi connectivity index (χ2n) is 6.52. The lowest BCUT2D eigenvalue weighted by Crippen LogP contribution is -2.47. The maximum absolute atomic E-state index is 3.31. The first-order chi connectivity index (χ1) is 8.17. The van der Waals surface area contributed by atoms with E-state index in [1.807, 2.05) is 0 Å². The summed E-state index contributed by atoms with van der Waals surface area (Å²) < 4.78 is 0. The van der Waals surface area contributed by atoms with Gasteiger partial charge in [-0.2, -0.15) is 0 Å². The van der Waals surface area contributed by atoms with Crippen molar-refractivity contribution in [2.24, 2.45) is 11.3 Å². The summed E-state index contributed by atoms with van der Waals surface area (Å²) in [4.78, 5) is 2.73. The minimum absolute atomic E-state index is 0.737. The van der Waals surface area contributed by atoms with Gasteiger partial charge in [-0.1, -0.05) is 19.8 Å². The fourth-order valence-electron chi connectivity index (χ4n) is 3.88. The van der Waals surface area contributed by atoms with E-state index in [1.165, 1.54) is 51.6 Å². The van der Waals surface area contributed by atoms with Gasteiger partial charge in [0.05, 0.1) is 0 Å². The highest BCUT2D eigenvalue weighted by Crippen LogP contribution is 2.46. The summed E-state index contributed by atoms with van der Waals surface area (Å²) in [6, 6.07) is 0.737. The summed E-state index contributed by atoms with van der Waals surface area (Å²) in [5.74, 6) is 0.762. The average molecular weight is 238 g/mol. The largest absolute Gasteiger partial charge is 0.319 e. The quantitative estimate of drug-likeness (QED) is 0.810.